The van der Waals surface area contributed by atoms with Crippen LogP contribution in [0, 0.1) is 0 Å². The summed E-state index contributed by atoms with van der Waals surface area (Å²) in [5.41, 5.74) is 2.01. The lowest BCUT2D eigenvalue weighted by molar-refractivity contribution is 0.196. The SMILES string of the molecule is O=c1cc([C@@H]2CCCN(Cc3ccccn3)C2)nc(N2CCCCC2)[nH]1. The van der Waals surface area contributed by atoms with Crippen molar-refractivity contribution in [3.63, 3.8) is 0 Å². The van der Waals surface area contributed by atoms with Crippen molar-refractivity contribution in [2.45, 2.75) is 44.6 Å². The predicted molar refractivity (Wildman–Crippen MR) is 102 cm³/mol. The van der Waals surface area contributed by atoms with E-state index >= 15 is 0 Å². The fourth-order valence-corrected chi connectivity index (χ4v) is 4.09. The number of rotatable bonds is 4. The zero-order valence-electron chi connectivity index (χ0n) is 15.2. The van der Waals surface area contributed by atoms with Gasteiger partial charge in [-0.2, -0.15) is 0 Å². The van der Waals surface area contributed by atoms with Gasteiger partial charge >= 0.3 is 0 Å². The van der Waals surface area contributed by atoms with Crippen LogP contribution >= 0.6 is 0 Å². The van der Waals surface area contributed by atoms with E-state index in [9.17, 15) is 4.79 Å². The van der Waals surface area contributed by atoms with E-state index in [0.29, 0.717) is 5.92 Å². The molecule has 6 heteroatoms. The Balaban J connectivity index is 1.49. The van der Waals surface area contributed by atoms with Crippen molar-refractivity contribution in [3.05, 3.63) is 52.2 Å². The third-order valence-electron chi connectivity index (χ3n) is 5.44. The van der Waals surface area contributed by atoms with E-state index in [1.54, 1.807) is 6.07 Å². The third kappa shape index (κ3) is 4.12. The molecule has 0 aromatic carbocycles. The van der Waals surface area contributed by atoms with Gasteiger partial charge in [-0.15, -0.1) is 0 Å². The van der Waals surface area contributed by atoms with Gasteiger partial charge < -0.3 is 4.90 Å². The van der Waals surface area contributed by atoms with Crippen LogP contribution in [0.15, 0.2) is 35.3 Å². The number of nitrogens with zero attached hydrogens (tertiary/aromatic N) is 4. The molecule has 0 unspecified atom stereocenters. The van der Waals surface area contributed by atoms with Gasteiger partial charge in [-0.25, -0.2) is 4.98 Å². The van der Waals surface area contributed by atoms with E-state index in [-0.39, 0.29) is 5.56 Å². The van der Waals surface area contributed by atoms with Crippen molar-refractivity contribution < 1.29 is 0 Å². The number of piperidine rings is 2. The molecule has 2 fully saturated rings. The van der Waals surface area contributed by atoms with Crippen molar-refractivity contribution in [3.8, 4) is 0 Å². The quantitative estimate of drug-likeness (QED) is 0.915. The number of hydrogen-bond acceptors (Lipinski definition) is 5. The van der Waals surface area contributed by atoms with Crippen molar-refractivity contribution in [2.75, 3.05) is 31.1 Å². The van der Waals surface area contributed by atoms with Gasteiger partial charge in [0.15, 0.2) is 0 Å². The second-order valence-corrected chi connectivity index (χ2v) is 7.44. The van der Waals surface area contributed by atoms with E-state index in [0.717, 1.165) is 62.9 Å². The number of hydrogen-bond donors (Lipinski definition) is 1. The van der Waals surface area contributed by atoms with Gasteiger partial charge in [-0.05, 0) is 50.8 Å². The average Bonchev–Trinajstić information content (AvgIpc) is 2.69. The molecule has 1 atom stereocenters. The molecule has 0 saturated carbocycles. The first kappa shape index (κ1) is 17.2. The molecule has 2 aliphatic rings. The molecule has 0 amide bonds. The minimum atomic E-state index is -0.0302. The second kappa shape index (κ2) is 7.99. The van der Waals surface area contributed by atoms with Crippen LogP contribution in [0.2, 0.25) is 0 Å². The molecule has 6 nitrogen and oxygen atoms in total. The molecule has 0 radical (unpaired) electrons. The van der Waals surface area contributed by atoms with Crippen molar-refractivity contribution in [1.82, 2.24) is 19.9 Å². The molecule has 0 bridgehead atoms. The molecule has 2 aromatic rings. The molecule has 2 aliphatic heterocycles. The lowest BCUT2D eigenvalue weighted by Gasteiger charge is -2.33. The summed E-state index contributed by atoms with van der Waals surface area (Å²) in [4.78, 5) is 29.1. The number of aromatic amines is 1. The van der Waals surface area contributed by atoms with Crippen LogP contribution in [0.3, 0.4) is 0 Å². The topological polar surface area (TPSA) is 65.1 Å². The lowest BCUT2D eigenvalue weighted by Crippen LogP contribution is -2.36. The lowest BCUT2D eigenvalue weighted by atomic mass is 9.94. The highest BCUT2D eigenvalue weighted by Crippen LogP contribution is 2.27. The third-order valence-corrected chi connectivity index (χ3v) is 5.44. The van der Waals surface area contributed by atoms with Crippen molar-refractivity contribution >= 4 is 5.95 Å². The minimum absolute atomic E-state index is 0.0302. The molecular weight excluding hydrogens is 326 g/mol. The number of anilines is 1. The zero-order chi connectivity index (χ0) is 17.8. The van der Waals surface area contributed by atoms with Gasteiger partial charge in [-0.1, -0.05) is 6.07 Å². The number of aromatic nitrogens is 3. The fourth-order valence-electron chi connectivity index (χ4n) is 4.09. The van der Waals surface area contributed by atoms with Crippen LogP contribution in [-0.4, -0.2) is 46.0 Å². The van der Waals surface area contributed by atoms with E-state index in [1.807, 2.05) is 18.3 Å². The molecule has 2 aromatic heterocycles. The predicted octanol–water partition coefficient (Wildman–Crippen LogP) is 2.53. The van der Waals surface area contributed by atoms with Crippen LogP contribution in [0.1, 0.15) is 49.4 Å². The Morgan fingerprint density at radius 2 is 2.00 bits per heavy atom. The van der Waals surface area contributed by atoms with Crippen LogP contribution in [-0.2, 0) is 6.54 Å². The minimum Gasteiger partial charge on any atom is -0.342 e. The van der Waals surface area contributed by atoms with Crippen LogP contribution < -0.4 is 10.5 Å². The Morgan fingerprint density at radius 1 is 1.12 bits per heavy atom. The summed E-state index contributed by atoms with van der Waals surface area (Å²) in [6.07, 6.45) is 7.69. The van der Waals surface area contributed by atoms with Crippen LogP contribution in [0.4, 0.5) is 5.95 Å². The van der Waals surface area contributed by atoms with Gasteiger partial charge in [0.05, 0.1) is 11.4 Å². The summed E-state index contributed by atoms with van der Waals surface area (Å²) in [5.74, 6) is 1.08. The summed E-state index contributed by atoms with van der Waals surface area (Å²) in [6, 6.07) is 7.75. The van der Waals surface area contributed by atoms with E-state index in [2.05, 4.69) is 25.8 Å². The summed E-state index contributed by atoms with van der Waals surface area (Å²) < 4.78 is 0. The molecule has 1 N–H and O–H groups in total. The number of pyridine rings is 1. The van der Waals surface area contributed by atoms with Gasteiger partial charge in [0, 0.05) is 44.4 Å². The normalized spacial score (nSPS) is 21.7. The largest absolute Gasteiger partial charge is 0.342 e. The zero-order valence-corrected chi connectivity index (χ0v) is 15.2. The number of H-pyrrole nitrogens is 1. The molecule has 2 saturated heterocycles. The van der Waals surface area contributed by atoms with Gasteiger partial charge in [0.1, 0.15) is 0 Å². The standard InChI is InChI=1S/C20H27N5O/c26-19-13-18(22-20(23-19)25-11-4-1-5-12-25)16-7-6-10-24(14-16)15-17-8-2-3-9-21-17/h2-3,8-9,13,16H,1,4-7,10-12,14-15H2,(H,22,23,26)/t16-/m1/s1. The smallest absolute Gasteiger partial charge is 0.252 e. The molecule has 0 spiro atoms. The Hall–Kier alpha value is -2.21. The Morgan fingerprint density at radius 3 is 2.81 bits per heavy atom. The highest BCUT2D eigenvalue weighted by atomic mass is 16.1. The maximum Gasteiger partial charge on any atom is 0.252 e. The number of nitrogens with one attached hydrogen (secondary N) is 1. The van der Waals surface area contributed by atoms with Gasteiger partial charge in [0.2, 0.25) is 5.95 Å². The molecule has 4 heterocycles. The van der Waals surface area contributed by atoms with E-state index < -0.39 is 0 Å². The molecular formula is C20H27N5O. The van der Waals surface area contributed by atoms with Gasteiger partial charge in [0.25, 0.3) is 5.56 Å². The molecule has 4 rings (SSSR count). The molecule has 0 aliphatic carbocycles. The number of likely N-dealkylation sites (tertiary alicyclic amines) is 1. The Kier molecular flexibility index (Phi) is 5.29. The summed E-state index contributed by atoms with van der Waals surface area (Å²) >= 11 is 0. The summed E-state index contributed by atoms with van der Waals surface area (Å²) in [7, 11) is 0. The maximum atomic E-state index is 12.2. The monoisotopic (exact) mass is 353 g/mol. The van der Waals surface area contributed by atoms with Crippen LogP contribution in [0.25, 0.3) is 0 Å². The summed E-state index contributed by atoms with van der Waals surface area (Å²) in [6.45, 7) is 4.85. The van der Waals surface area contributed by atoms with Crippen LogP contribution in [0.5, 0.6) is 0 Å². The Bertz CT molecular complexity index is 769. The van der Waals surface area contributed by atoms with E-state index in [4.69, 9.17) is 4.98 Å². The second-order valence-electron chi connectivity index (χ2n) is 7.44. The first-order chi connectivity index (χ1) is 12.8. The average molecular weight is 353 g/mol. The fraction of sp³-hybridized carbons (Fsp3) is 0.550. The first-order valence-electron chi connectivity index (χ1n) is 9.76. The Labute approximate surface area is 154 Å². The summed E-state index contributed by atoms with van der Waals surface area (Å²) in [5, 5.41) is 0. The molecule has 138 valence electrons. The van der Waals surface area contributed by atoms with Gasteiger partial charge in [-0.3, -0.25) is 19.7 Å². The highest BCUT2D eigenvalue weighted by Gasteiger charge is 2.24. The first-order valence-corrected chi connectivity index (χ1v) is 9.76. The molecule has 26 heavy (non-hydrogen) atoms. The van der Waals surface area contributed by atoms with E-state index in [1.165, 1.54) is 19.3 Å². The van der Waals surface area contributed by atoms with Crippen molar-refractivity contribution in [2.24, 2.45) is 0 Å². The highest BCUT2D eigenvalue weighted by molar-refractivity contribution is 5.31. The van der Waals surface area contributed by atoms with Crippen molar-refractivity contribution in [1.29, 1.82) is 0 Å². The maximum absolute atomic E-state index is 12.2.